The topological polar surface area (TPSA) is 34.1 Å². The maximum Gasteiger partial charge on any atom is 0.150 e. The molecule has 0 saturated heterocycles. The SMILES string of the molecule is COc1cc(C)nc(CNc2c(F)cc(F)cc2Cl)c1. The second-order valence-electron chi connectivity index (χ2n) is 4.24. The van der Waals surface area contributed by atoms with E-state index in [-0.39, 0.29) is 17.3 Å². The molecule has 0 aliphatic carbocycles. The third-order valence-corrected chi connectivity index (χ3v) is 2.97. The molecule has 0 radical (unpaired) electrons. The van der Waals surface area contributed by atoms with E-state index in [0.29, 0.717) is 11.4 Å². The van der Waals surface area contributed by atoms with Crippen LogP contribution in [-0.4, -0.2) is 12.1 Å². The smallest absolute Gasteiger partial charge is 0.150 e. The third kappa shape index (κ3) is 3.36. The van der Waals surface area contributed by atoms with Gasteiger partial charge in [-0.15, -0.1) is 0 Å². The highest BCUT2D eigenvalue weighted by Crippen LogP contribution is 2.27. The molecule has 1 aromatic heterocycles. The zero-order chi connectivity index (χ0) is 14.7. The molecule has 20 heavy (non-hydrogen) atoms. The summed E-state index contributed by atoms with van der Waals surface area (Å²) in [5, 5.41) is 2.80. The number of nitrogens with zero attached hydrogens (tertiary/aromatic N) is 1. The first kappa shape index (κ1) is 14.5. The van der Waals surface area contributed by atoms with Gasteiger partial charge in [-0.1, -0.05) is 11.6 Å². The van der Waals surface area contributed by atoms with E-state index < -0.39 is 11.6 Å². The fourth-order valence-corrected chi connectivity index (χ4v) is 2.06. The first-order valence-electron chi connectivity index (χ1n) is 5.89. The van der Waals surface area contributed by atoms with Gasteiger partial charge in [0.1, 0.15) is 11.6 Å². The predicted octanol–water partition coefficient (Wildman–Crippen LogP) is 3.94. The minimum absolute atomic E-state index is 0.0119. The number of hydrogen-bond acceptors (Lipinski definition) is 3. The van der Waals surface area contributed by atoms with Crippen molar-refractivity contribution in [2.24, 2.45) is 0 Å². The van der Waals surface area contributed by atoms with Gasteiger partial charge in [0.05, 0.1) is 30.1 Å². The van der Waals surface area contributed by atoms with Gasteiger partial charge in [0.15, 0.2) is 5.82 Å². The van der Waals surface area contributed by atoms with Crippen molar-refractivity contribution >= 4 is 17.3 Å². The summed E-state index contributed by atoms with van der Waals surface area (Å²) in [7, 11) is 1.56. The van der Waals surface area contributed by atoms with Crippen molar-refractivity contribution in [3.63, 3.8) is 0 Å². The molecule has 2 aromatic rings. The molecule has 106 valence electrons. The summed E-state index contributed by atoms with van der Waals surface area (Å²) in [6, 6.07) is 5.35. The van der Waals surface area contributed by atoms with Crippen molar-refractivity contribution in [1.29, 1.82) is 0 Å². The van der Waals surface area contributed by atoms with Gasteiger partial charge in [0, 0.05) is 23.9 Å². The Morgan fingerprint density at radius 2 is 2.00 bits per heavy atom. The number of aromatic nitrogens is 1. The lowest BCUT2D eigenvalue weighted by Gasteiger charge is -2.11. The van der Waals surface area contributed by atoms with Crippen molar-refractivity contribution in [1.82, 2.24) is 4.98 Å². The number of ether oxygens (including phenoxy) is 1. The van der Waals surface area contributed by atoms with Crippen LogP contribution in [0.2, 0.25) is 5.02 Å². The number of rotatable bonds is 4. The van der Waals surface area contributed by atoms with Gasteiger partial charge < -0.3 is 10.1 Å². The van der Waals surface area contributed by atoms with E-state index in [1.807, 2.05) is 6.92 Å². The van der Waals surface area contributed by atoms with E-state index in [2.05, 4.69) is 10.3 Å². The second kappa shape index (κ2) is 6.05. The Morgan fingerprint density at radius 3 is 2.65 bits per heavy atom. The molecule has 0 aliphatic rings. The summed E-state index contributed by atoms with van der Waals surface area (Å²) in [5.74, 6) is -0.789. The largest absolute Gasteiger partial charge is 0.497 e. The Labute approximate surface area is 120 Å². The van der Waals surface area contributed by atoms with E-state index in [9.17, 15) is 8.78 Å². The fourth-order valence-electron chi connectivity index (χ4n) is 1.80. The second-order valence-corrected chi connectivity index (χ2v) is 4.64. The van der Waals surface area contributed by atoms with E-state index in [4.69, 9.17) is 16.3 Å². The van der Waals surface area contributed by atoms with Gasteiger partial charge in [-0.3, -0.25) is 4.98 Å². The monoisotopic (exact) mass is 298 g/mol. The van der Waals surface area contributed by atoms with E-state index in [1.54, 1.807) is 19.2 Å². The molecule has 0 unspecified atom stereocenters. The Hall–Kier alpha value is -1.88. The molecule has 0 aliphatic heterocycles. The number of anilines is 1. The highest BCUT2D eigenvalue weighted by atomic mass is 35.5. The van der Waals surface area contributed by atoms with Crippen LogP contribution in [0.4, 0.5) is 14.5 Å². The Kier molecular flexibility index (Phi) is 4.39. The van der Waals surface area contributed by atoms with Crippen LogP contribution in [0.5, 0.6) is 5.75 Å². The number of nitrogens with one attached hydrogen (secondary N) is 1. The van der Waals surface area contributed by atoms with Crippen LogP contribution in [0.1, 0.15) is 11.4 Å². The van der Waals surface area contributed by atoms with Gasteiger partial charge in [-0.05, 0) is 13.0 Å². The molecule has 3 nitrogen and oxygen atoms in total. The van der Waals surface area contributed by atoms with E-state index in [1.165, 1.54) is 0 Å². The molecule has 1 heterocycles. The molecule has 0 atom stereocenters. The third-order valence-electron chi connectivity index (χ3n) is 2.67. The lowest BCUT2D eigenvalue weighted by Crippen LogP contribution is -2.05. The Morgan fingerprint density at radius 1 is 1.25 bits per heavy atom. The lowest BCUT2D eigenvalue weighted by atomic mass is 10.2. The quantitative estimate of drug-likeness (QED) is 0.928. The van der Waals surface area contributed by atoms with Crippen LogP contribution in [0, 0.1) is 18.6 Å². The highest BCUT2D eigenvalue weighted by Gasteiger charge is 2.10. The van der Waals surface area contributed by atoms with E-state index in [0.717, 1.165) is 17.8 Å². The molecule has 2 rings (SSSR count). The molecule has 6 heteroatoms. The molecular weight excluding hydrogens is 286 g/mol. The average molecular weight is 299 g/mol. The molecule has 1 N–H and O–H groups in total. The van der Waals surface area contributed by atoms with Gasteiger partial charge in [-0.25, -0.2) is 8.78 Å². The summed E-state index contributed by atoms with van der Waals surface area (Å²) in [6.07, 6.45) is 0. The van der Waals surface area contributed by atoms with Crippen LogP contribution in [0.3, 0.4) is 0 Å². The Balaban J connectivity index is 2.19. The predicted molar refractivity (Wildman–Crippen MR) is 74.2 cm³/mol. The zero-order valence-electron chi connectivity index (χ0n) is 11.0. The van der Waals surface area contributed by atoms with Crippen molar-refractivity contribution in [2.45, 2.75) is 13.5 Å². The van der Waals surface area contributed by atoms with Gasteiger partial charge in [0.25, 0.3) is 0 Å². The van der Waals surface area contributed by atoms with Crippen LogP contribution < -0.4 is 10.1 Å². The van der Waals surface area contributed by atoms with Crippen LogP contribution in [0.25, 0.3) is 0 Å². The summed E-state index contributed by atoms with van der Waals surface area (Å²) < 4.78 is 31.7. The maximum absolute atomic E-state index is 13.6. The van der Waals surface area contributed by atoms with Crippen molar-refractivity contribution in [3.05, 3.63) is 52.3 Å². The Bertz CT molecular complexity index is 612. The summed E-state index contributed by atoms with van der Waals surface area (Å²) in [4.78, 5) is 4.29. The first-order valence-corrected chi connectivity index (χ1v) is 6.27. The summed E-state index contributed by atoms with van der Waals surface area (Å²) in [6.45, 7) is 2.08. The first-order chi connectivity index (χ1) is 9.49. The lowest BCUT2D eigenvalue weighted by molar-refractivity contribution is 0.413. The minimum atomic E-state index is -0.741. The number of pyridine rings is 1. The van der Waals surface area contributed by atoms with E-state index >= 15 is 0 Å². The van der Waals surface area contributed by atoms with Crippen LogP contribution in [0.15, 0.2) is 24.3 Å². The van der Waals surface area contributed by atoms with Crippen molar-refractivity contribution < 1.29 is 13.5 Å². The van der Waals surface area contributed by atoms with Crippen molar-refractivity contribution in [3.8, 4) is 5.75 Å². The molecular formula is C14H13ClF2N2O. The number of halogens is 3. The minimum Gasteiger partial charge on any atom is -0.497 e. The standard InChI is InChI=1S/C14H13ClF2N2O/c1-8-3-11(20-2)6-10(19-8)7-18-14-12(15)4-9(16)5-13(14)17/h3-6,18H,7H2,1-2H3. The summed E-state index contributed by atoms with van der Waals surface area (Å²) >= 11 is 5.80. The van der Waals surface area contributed by atoms with Gasteiger partial charge in [-0.2, -0.15) is 0 Å². The van der Waals surface area contributed by atoms with Crippen LogP contribution in [-0.2, 0) is 6.54 Å². The van der Waals surface area contributed by atoms with Crippen LogP contribution >= 0.6 is 11.6 Å². The molecule has 0 fully saturated rings. The van der Waals surface area contributed by atoms with Crippen molar-refractivity contribution in [2.75, 3.05) is 12.4 Å². The highest BCUT2D eigenvalue weighted by molar-refractivity contribution is 6.33. The number of aryl methyl sites for hydroxylation is 1. The molecule has 1 aromatic carbocycles. The molecule has 0 bridgehead atoms. The fraction of sp³-hybridized carbons (Fsp3) is 0.214. The maximum atomic E-state index is 13.6. The number of benzene rings is 1. The number of hydrogen-bond donors (Lipinski definition) is 1. The molecule has 0 spiro atoms. The van der Waals surface area contributed by atoms with Gasteiger partial charge >= 0.3 is 0 Å². The zero-order valence-corrected chi connectivity index (χ0v) is 11.8. The molecule has 0 saturated carbocycles. The normalized spacial score (nSPS) is 10.4. The summed E-state index contributed by atoms with van der Waals surface area (Å²) in [5.41, 5.74) is 1.50. The van der Waals surface area contributed by atoms with Gasteiger partial charge in [0.2, 0.25) is 0 Å². The molecule has 0 amide bonds. The number of methoxy groups -OCH3 is 1. The average Bonchev–Trinajstić information content (AvgIpc) is 2.36.